The van der Waals surface area contributed by atoms with Gasteiger partial charge in [-0.15, -0.1) is 0 Å². The maximum atomic E-state index is 13.2. The average Bonchev–Trinajstić information content (AvgIpc) is 2.36. The van der Waals surface area contributed by atoms with Crippen LogP contribution in [0.4, 0.5) is 4.39 Å². The topological polar surface area (TPSA) is 49.8 Å². The van der Waals surface area contributed by atoms with Crippen molar-refractivity contribution < 1.29 is 19.0 Å². The van der Waals surface area contributed by atoms with Gasteiger partial charge < -0.3 is 9.84 Å². The van der Waals surface area contributed by atoms with Crippen LogP contribution in [0, 0.1) is 12.7 Å². The lowest BCUT2D eigenvalue weighted by molar-refractivity contribution is -0.140. The van der Waals surface area contributed by atoms with Crippen molar-refractivity contribution in [3.8, 4) is 0 Å². The number of carbonyl (C=O) groups is 1. The van der Waals surface area contributed by atoms with Crippen molar-refractivity contribution in [3.05, 3.63) is 35.1 Å². The number of hydrogen-bond donors (Lipinski definition) is 1. The van der Waals surface area contributed by atoms with E-state index in [9.17, 15) is 9.18 Å². The van der Waals surface area contributed by atoms with E-state index in [0.29, 0.717) is 31.9 Å². The predicted octanol–water partition coefficient (Wildman–Crippen LogP) is 1.81. The van der Waals surface area contributed by atoms with Gasteiger partial charge in [0.1, 0.15) is 5.82 Å². The van der Waals surface area contributed by atoms with Gasteiger partial charge in [0.2, 0.25) is 0 Å². The fraction of sp³-hybridized carbons (Fsp3) is 0.500. The molecule has 1 saturated heterocycles. The highest BCUT2D eigenvalue weighted by Gasteiger charge is 2.25. The molecule has 2 rings (SSSR count). The largest absolute Gasteiger partial charge is 0.481 e. The molecule has 5 heteroatoms. The quantitative estimate of drug-likeness (QED) is 0.904. The molecule has 0 aromatic heterocycles. The first kappa shape index (κ1) is 14.0. The minimum atomic E-state index is -0.823. The maximum absolute atomic E-state index is 13.2. The van der Waals surface area contributed by atoms with Gasteiger partial charge in [-0.25, -0.2) is 4.39 Å². The van der Waals surface area contributed by atoms with Crippen LogP contribution in [0.15, 0.2) is 18.2 Å². The summed E-state index contributed by atoms with van der Waals surface area (Å²) in [6, 6.07) is 4.90. The predicted molar refractivity (Wildman–Crippen MR) is 68.4 cm³/mol. The van der Waals surface area contributed by atoms with E-state index in [1.807, 2.05) is 6.07 Å². The van der Waals surface area contributed by atoms with Crippen LogP contribution in [-0.2, 0) is 16.1 Å². The second kappa shape index (κ2) is 6.12. The van der Waals surface area contributed by atoms with E-state index < -0.39 is 5.97 Å². The van der Waals surface area contributed by atoms with Crippen molar-refractivity contribution in [2.75, 3.05) is 19.8 Å². The molecule has 1 fully saturated rings. The van der Waals surface area contributed by atoms with Crippen molar-refractivity contribution in [2.45, 2.75) is 25.9 Å². The number of nitrogens with zero attached hydrogens (tertiary/aromatic N) is 1. The van der Waals surface area contributed by atoms with Crippen molar-refractivity contribution >= 4 is 5.97 Å². The third-order valence-electron chi connectivity index (χ3n) is 3.37. The van der Waals surface area contributed by atoms with Crippen LogP contribution in [-0.4, -0.2) is 41.8 Å². The van der Waals surface area contributed by atoms with Crippen molar-refractivity contribution in [1.82, 2.24) is 4.90 Å². The summed E-state index contributed by atoms with van der Waals surface area (Å²) in [5.74, 6) is -1.04. The van der Waals surface area contributed by atoms with E-state index in [1.54, 1.807) is 13.0 Å². The van der Waals surface area contributed by atoms with E-state index in [1.165, 1.54) is 6.07 Å². The van der Waals surface area contributed by atoms with Crippen LogP contribution in [0.5, 0.6) is 0 Å². The molecule has 1 atom stereocenters. The average molecular weight is 267 g/mol. The molecular formula is C14H18FNO3. The number of morpholine rings is 1. The molecule has 0 bridgehead atoms. The summed E-state index contributed by atoms with van der Waals surface area (Å²) in [4.78, 5) is 12.9. The summed E-state index contributed by atoms with van der Waals surface area (Å²) in [6.45, 7) is 4.10. The Labute approximate surface area is 111 Å². The number of halogens is 1. The molecule has 0 amide bonds. The molecule has 1 aromatic rings. The van der Waals surface area contributed by atoms with Crippen LogP contribution in [0.25, 0.3) is 0 Å². The normalized spacial score (nSPS) is 20.4. The number of aryl methyl sites for hydroxylation is 1. The number of rotatable bonds is 4. The molecule has 104 valence electrons. The molecule has 1 aromatic carbocycles. The number of carboxylic acids is 1. The first-order chi connectivity index (χ1) is 9.06. The number of carboxylic acid groups (broad SMARTS) is 1. The minimum absolute atomic E-state index is 0.0696. The molecule has 1 heterocycles. The zero-order valence-electron chi connectivity index (χ0n) is 10.9. The first-order valence-electron chi connectivity index (χ1n) is 6.35. The van der Waals surface area contributed by atoms with Gasteiger partial charge in [0, 0.05) is 19.1 Å². The number of hydrogen-bond acceptors (Lipinski definition) is 3. The van der Waals surface area contributed by atoms with Crippen molar-refractivity contribution in [1.29, 1.82) is 0 Å². The van der Waals surface area contributed by atoms with Gasteiger partial charge in [0.05, 0.1) is 19.6 Å². The fourth-order valence-corrected chi connectivity index (χ4v) is 2.33. The Morgan fingerprint density at radius 2 is 2.37 bits per heavy atom. The Bertz CT molecular complexity index is 464. The van der Waals surface area contributed by atoms with E-state index in [0.717, 1.165) is 5.56 Å². The minimum Gasteiger partial charge on any atom is -0.481 e. The lowest BCUT2D eigenvalue weighted by Crippen LogP contribution is -2.45. The molecule has 0 spiro atoms. The van der Waals surface area contributed by atoms with Gasteiger partial charge in [0.15, 0.2) is 0 Å². The standard InChI is InChI=1S/C14H18FNO3/c1-10-6-11(2-3-13(10)15)8-16-4-5-19-9-12(16)7-14(17)18/h2-3,6,12H,4-5,7-9H2,1H3,(H,17,18). The van der Waals surface area contributed by atoms with Crippen LogP contribution >= 0.6 is 0 Å². The highest BCUT2D eigenvalue weighted by molar-refractivity contribution is 5.67. The Kier molecular flexibility index (Phi) is 4.50. The van der Waals surface area contributed by atoms with Crippen LogP contribution in [0.2, 0.25) is 0 Å². The third-order valence-corrected chi connectivity index (χ3v) is 3.37. The van der Waals surface area contributed by atoms with E-state index >= 15 is 0 Å². The highest BCUT2D eigenvalue weighted by atomic mass is 19.1. The number of aliphatic carboxylic acids is 1. The first-order valence-corrected chi connectivity index (χ1v) is 6.35. The van der Waals surface area contributed by atoms with Gasteiger partial charge in [-0.2, -0.15) is 0 Å². The Balaban J connectivity index is 2.06. The molecule has 4 nitrogen and oxygen atoms in total. The maximum Gasteiger partial charge on any atom is 0.305 e. The van der Waals surface area contributed by atoms with Crippen molar-refractivity contribution in [3.63, 3.8) is 0 Å². The van der Waals surface area contributed by atoms with Gasteiger partial charge in [-0.1, -0.05) is 12.1 Å². The summed E-state index contributed by atoms with van der Waals surface area (Å²) in [5.41, 5.74) is 1.61. The summed E-state index contributed by atoms with van der Waals surface area (Å²) in [5, 5.41) is 8.90. The van der Waals surface area contributed by atoms with E-state index in [-0.39, 0.29) is 18.3 Å². The molecular weight excluding hydrogens is 249 g/mol. The Morgan fingerprint density at radius 1 is 1.58 bits per heavy atom. The monoisotopic (exact) mass is 267 g/mol. The van der Waals surface area contributed by atoms with Crippen LogP contribution < -0.4 is 0 Å². The van der Waals surface area contributed by atoms with Gasteiger partial charge in [-0.05, 0) is 24.1 Å². The zero-order valence-corrected chi connectivity index (χ0v) is 10.9. The molecule has 0 aliphatic carbocycles. The van der Waals surface area contributed by atoms with Gasteiger partial charge in [-0.3, -0.25) is 9.69 Å². The van der Waals surface area contributed by atoms with E-state index in [2.05, 4.69) is 4.90 Å². The molecule has 0 saturated carbocycles. The Morgan fingerprint density at radius 3 is 3.05 bits per heavy atom. The van der Waals surface area contributed by atoms with Gasteiger partial charge in [0.25, 0.3) is 0 Å². The lowest BCUT2D eigenvalue weighted by Gasteiger charge is -2.34. The molecule has 1 aliphatic heterocycles. The highest BCUT2D eigenvalue weighted by Crippen LogP contribution is 2.17. The van der Waals surface area contributed by atoms with E-state index in [4.69, 9.17) is 9.84 Å². The third kappa shape index (κ3) is 3.75. The molecule has 19 heavy (non-hydrogen) atoms. The second-order valence-electron chi connectivity index (χ2n) is 4.88. The summed E-state index contributed by atoms with van der Waals surface area (Å²) in [6.07, 6.45) is 0.0696. The van der Waals surface area contributed by atoms with Gasteiger partial charge >= 0.3 is 5.97 Å². The lowest BCUT2D eigenvalue weighted by atomic mass is 10.1. The zero-order chi connectivity index (χ0) is 13.8. The summed E-state index contributed by atoms with van der Waals surface area (Å²) >= 11 is 0. The molecule has 1 N–H and O–H groups in total. The summed E-state index contributed by atoms with van der Waals surface area (Å²) < 4.78 is 18.5. The smallest absolute Gasteiger partial charge is 0.305 e. The van der Waals surface area contributed by atoms with Crippen molar-refractivity contribution in [2.24, 2.45) is 0 Å². The molecule has 1 unspecified atom stereocenters. The Hall–Kier alpha value is -1.46. The number of benzene rings is 1. The molecule has 1 aliphatic rings. The SMILES string of the molecule is Cc1cc(CN2CCOCC2CC(=O)O)ccc1F. The number of ether oxygens (including phenoxy) is 1. The molecule has 0 radical (unpaired) electrons. The van der Waals surface area contributed by atoms with Crippen LogP contribution in [0.1, 0.15) is 17.5 Å². The summed E-state index contributed by atoms with van der Waals surface area (Å²) in [7, 11) is 0. The fourth-order valence-electron chi connectivity index (χ4n) is 2.33. The van der Waals surface area contributed by atoms with Crippen LogP contribution in [0.3, 0.4) is 0 Å². The second-order valence-corrected chi connectivity index (χ2v) is 4.88.